The fourth-order valence-corrected chi connectivity index (χ4v) is 3.77. The number of nitrogens with zero attached hydrogens (tertiary/aromatic N) is 4. The van der Waals surface area contributed by atoms with Gasteiger partial charge in [0.2, 0.25) is 0 Å². The molecule has 2 aromatic heterocycles. The zero-order valence-electron chi connectivity index (χ0n) is 15.4. The highest BCUT2D eigenvalue weighted by molar-refractivity contribution is 9.10. The highest BCUT2D eigenvalue weighted by atomic mass is 79.9. The molecule has 0 aliphatic carbocycles. The van der Waals surface area contributed by atoms with E-state index in [4.69, 9.17) is 4.74 Å². The molecule has 0 amide bonds. The predicted octanol–water partition coefficient (Wildman–Crippen LogP) is 4.93. The molecule has 4 aromatic rings. The van der Waals surface area contributed by atoms with Crippen LogP contribution in [-0.2, 0) is 4.79 Å². The Morgan fingerprint density at radius 1 is 1.03 bits per heavy atom. The first-order valence-corrected chi connectivity index (χ1v) is 10.6. The van der Waals surface area contributed by atoms with Crippen molar-refractivity contribution >= 4 is 33.7 Å². The molecule has 0 fully saturated rings. The Morgan fingerprint density at radius 3 is 2.57 bits per heavy atom. The normalized spacial score (nSPS) is 10.7. The molecule has 9 heteroatoms. The molecule has 150 valence electrons. The maximum Gasteiger partial charge on any atom is 0.321 e. The first kappa shape index (κ1) is 20.2. The summed E-state index contributed by atoms with van der Waals surface area (Å²) in [4.78, 5) is 16.3. The fraction of sp³-hybridized carbons (Fsp3) is 0.0476. The highest BCUT2D eigenvalue weighted by Crippen LogP contribution is 2.29. The number of esters is 1. The van der Waals surface area contributed by atoms with Crippen LogP contribution in [0.15, 0.2) is 82.7 Å². The van der Waals surface area contributed by atoms with Gasteiger partial charge in [-0.1, -0.05) is 42.1 Å². The lowest BCUT2D eigenvalue weighted by Crippen LogP contribution is -2.12. The third kappa shape index (κ3) is 4.42. The van der Waals surface area contributed by atoms with Crippen LogP contribution < -0.4 is 4.74 Å². The molecule has 0 saturated heterocycles. The fourth-order valence-electron chi connectivity index (χ4n) is 2.71. The van der Waals surface area contributed by atoms with Crippen molar-refractivity contribution in [2.75, 3.05) is 5.75 Å². The van der Waals surface area contributed by atoms with Gasteiger partial charge in [-0.2, -0.15) is 0 Å². The number of hydrogen-bond acceptors (Lipinski definition) is 6. The molecular formula is C21H14BrFN4O2S. The van der Waals surface area contributed by atoms with Crippen LogP contribution in [0.3, 0.4) is 0 Å². The largest absolute Gasteiger partial charge is 0.423 e. The minimum atomic E-state index is -0.469. The summed E-state index contributed by atoms with van der Waals surface area (Å²) in [6.45, 7) is 0. The second-order valence-corrected chi connectivity index (χ2v) is 7.71. The predicted molar refractivity (Wildman–Crippen MR) is 115 cm³/mol. The molecular weight excluding hydrogens is 471 g/mol. The Kier molecular flexibility index (Phi) is 6.20. The summed E-state index contributed by atoms with van der Waals surface area (Å²) >= 11 is 4.39. The summed E-state index contributed by atoms with van der Waals surface area (Å²) in [5.74, 6) is -0.197. The number of pyridine rings is 1. The number of thioether (sulfide) groups is 1. The van der Waals surface area contributed by atoms with Gasteiger partial charge in [0.15, 0.2) is 16.7 Å². The van der Waals surface area contributed by atoms with Gasteiger partial charge in [0.1, 0.15) is 10.4 Å². The Labute approximate surface area is 184 Å². The van der Waals surface area contributed by atoms with Crippen molar-refractivity contribution in [3.63, 3.8) is 0 Å². The van der Waals surface area contributed by atoms with Crippen LogP contribution in [0.25, 0.3) is 17.1 Å². The molecule has 6 nitrogen and oxygen atoms in total. The molecule has 0 saturated carbocycles. The summed E-state index contributed by atoms with van der Waals surface area (Å²) in [6.07, 6.45) is 1.59. The van der Waals surface area contributed by atoms with Gasteiger partial charge >= 0.3 is 5.97 Å². The number of aromatic nitrogens is 4. The summed E-state index contributed by atoms with van der Waals surface area (Å²) in [6, 6.07) is 19.0. The van der Waals surface area contributed by atoms with E-state index in [2.05, 4.69) is 31.1 Å². The summed E-state index contributed by atoms with van der Waals surface area (Å²) in [7, 11) is 0. The second kappa shape index (κ2) is 9.19. The van der Waals surface area contributed by atoms with Crippen LogP contribution in [0, 0.1) is 5.82 Å². The van der Waals surface area contributed by atoms with E-state index >= 15 is 0 Å². The van der Waals surface area contributed by atoms with Crippen LogP contribution in [0.2, 0.25) is 0 Å². The Balaban J connectivity index is 1.61. The topological polar surface area (TPSA) is 69.9 Å². The number of halogens is 2. The first-order chi connectivity index (χ1) is 14.6. The summed E-state index contributed by atoms with van der Waals surface area (Å²) < 4.78 is 21.9. The molecule has 30 heavy (non-hydrogen) atoms. The van der Waals surface area contributed by atoms with Gasteiger partial charge in [0.25, 0.3) is 0 Å². The van der Waals surface area contributed by atoms with E-state index in [1.807, 2.05) is 30.3 Å². The third-order valence-electron chi connectivity index (χ3n) is 4.03. The SMILES string of the molecule is O=C(CSc1nnc(-c2ccccc2F)n1-c1ccccc1)Oc1cccnc1Br. The quantitative estimate of drug-likeness (QED) is 0.219. The van der Waals surface area contributed by atoms with Gasteiger partial charge < -0.3 is 4.74 Å². The number of carbonyl (C=O) groups is 1. The van der Waals surface area contributed by atoms with Crippen molar-refractivity contribution in [2.45, 2.75) is 5.16 Å². The molecule has 2 aromatic carbocycles. The van der Waals surface area contributed by atoms with Gasteiger partial charge in [-0.05, 0) is 52.3 Å². The monoisotopic (exact) mass is 484 g/mol. The van der Waals surface area contributed by atoms with Crippen LogP contribution in [-0.4, -0.2) is 31.5 Å². The zero-order valence-corrected chi connectivity index (χ0v) is 17.8. The van der Waals surface area contributed by atoms with E-state index in [1.54, 1.807) is 41.1 Å². The lowest BCUT2D eigenvalue weighted by Gasteiger charge is -2.11. The first-order valence-electron chi connectivity index (χ1n) is 8.83. The zero-order chi connectivity index (χ0) is 20.9. The van der Waals surface area contributed by atoms with E-state index in [0.717, 1.165) is 17.4 Å². The number of para-hydroxylation sites is 1. The van der Waals surface area contributed by atoms with Crippen LogP contribution in [0.5, 0.6) is 5.75 Å². The van der Waals surface area contributed by atoms with Crippen LogP contribution >= 0.6 is 27.7 Å². The molecule has 0 atom stereocenters. The molecule has 0 spiro atoms. The van der Waals surface area contributed by atoms with Crippen molar-refractivity contribution in [3.8, 4) is 22.8 Å². The van der Waals surface area contributed by atoms with E-state index < -0.39 is 11.8 Å². The molecule has 4 rings (SSSR count). The lowest BCUT2D eigenvalue weighted by atomic mass is 10.2. The van der Waals surface area contributed by atoms with E-state index in [9.17, 15) is 9.18 Å². The third-order valence-corrected chi connectivity index (χ3v) is 5.53. The molecule has 0 radical (unpaired) electrons. The maximum absolute atomic E-state index is 14.4. The minimum absolute atomic E-state index is 0.0103. The Morgan fingerprint density at radius 2 is 1.80 bits per heavy atom. The van der Waals surface area contributed by atoms with Crippen molar-refractivity contribution in [1.82, 2.24) is 19.7 Å². The average Bonchev–Trinajstić information content (AvgIpc) is 3.18. The van der Waals surface area contributed by atoms with Crippen molar-refractivity contribution < 1.29 is 13.9 Å². The van der Waals surface area contributed by atoms with Gasteiger partial charge in [-0.3, -0.25) is 9.36 Å². The maximum atomic E-state index is 14.4. The van der Waals surface area contributed by atoms with Crippen molar-refractivity contribution in [2.24, 2.45) is 0 Å². The van der Waals surface area contributed by atoms with E-state index in [0.29, 0.717) is 26.9 Å². The van der Waals surface area contributed by atoms with Crippen LogP contribution in [0.4, 0.5) is 4.39 Å². The Hall–Kier alpha value is -3.04. The number of rotatable bonds is 6. The van der Waals surface area contributed by atoms with Crippen molar-refractivity contribution in [3.05, 3.63) is 83.3 Å². The second-order valence-electron chi connectivity index (χ2n) is 6.01. The van der Waals surface area contributed by atoms with Gasteiger partial charge in [0, 0.05) is 11.9 Å². The highest BCUT2D eigenvalue weighted by Gasteiger charge is 2.20. The summed E-state index contributed by atoms with van der Waals surface area (Å²) in [5.41, 5.74) is 1.08. The summed E-state index contributed by atoms with van der Waals surface area (Å²) in [5, 5.41) is 8.81. The standard InChI is InChI=1S/C21H14BrFN4O2S/c22-19-17(11-6-12-24-19)29-18(28)13-30-21-26-25-20(15-9-4-5-10-16(15)23)27(21)14-7-2-1-3-8-14/h1-12H,13H2. The molecule has 2 heterocycles. The molecule has 0 bridgehead atoms. The molecule has 0 aliphatic heterocycles. The number of benzene rings is 2. The average molecular weight is 485 g/mol. The minimum Gasteiger partial charge on any atom is -0.423 e. The van der Waals surface area contributed by atoms with Gasteiger partial charge in [0.05, 0.1) is 11.3 Å². The molecule has 0 unspecified atom stereocenters. The molecule has 0 aliphatic rings. The van der Waals surface area contributed by atoms with Crippen molar-refractivity contribution in [1.29, 1.82) is 0 Å². The Bertz CT molecular complexity index is 1190. The van der Waals surface area contributed by atoms with Crippen LogP contribution in [0.1, 0.15) is 0 Å². The smallest absolute Gasteiger partial charge is 0.321 e. The number of carbonyl (C=O) groups excluding carboxylic acids is 1. The van der Waals surface area contributed by atoms with E-state index in [1.165, 1.54) is 6.07 Å². The van der Waals surface area contributed by atoms with E-state index in [-0.39, 0.29) is 5.75 Å². The number of hydrogen-bond donors (Lipinski definition) is 0. The number of ether oxygens (including phenoxy) is 1. The van der Waals surface area contributed by atoms with Gasteiger partial charge in [-0.15, -0.1) is 10.2 Å². The lowest BCUT2D eigenvalue weighted by molar-refractivity contribution is -0.131. The molecule has 0 N–H and O–H groups in total. The van der Waals surface area contributed by atoms with Gasteiger partial charge in [-0.25, -0.2) is 9.37 Å².